The van der Waals surface area contributed by atoms with E-state index in [1.807, 2.05) is 6.92 Å². The predicted octanol–water partition coefficient (Wildman–Crippen LogP) is 3.06. The van der Waals surface area contributed by atoms with Crippen molar-refractivity contribution in [1.29, 1.82) is 0 Å². The van der Waals surface area contributed by atoms with Gasteiger partial charge in [-0.1, -0.05) is 6.92 Å². The molecule has 0 amide bonds. The van der Waals surface area contributed by atoms with Gasteiger partial charge in [-0.2, -0.15) is 8.78 Å². The zero-order valence-electron chi connectivity index (χ0n) is 8.65. The smallest absolute Gasteiger partial charge is 0.243 e. The number of hydrogen-bond acceptors (Lipinski definition) is 1. The molecule has 1 atom stereocenters. The van der Waals surface area contributed by atoms with E-state index in [0.717, 1.165) is 4.90 Å². The van der Waals surface area contributed by atoms with E-state index in [0.29, 0.717) is 6.42 Å². The van der Waals surface area contributed by atoms with Crippen molar-refractivity contribution in [3.05, 3.63) is 0 Å². The van der Waals surface area contributed by atoms with E-state index >= 15 is 0 Å². The fraction of sp³-hybridized carbons (Fsp3) is 1.00. The summed E-state index contributed by atoms with van der Waals surface area (Å²) in [6, 6.07) is -3.98. The zero-order valence-corrected chi connectivity index (χ0v) is 8.65. The first kappa shape index (κ1) is 12.8. The van der Waals surface area contributed by atoms with Gasteiger partial charge >= 0.3 is 6.05 Å². The molecule has 1 unspecified atom stereocenters. The van der Waals surface area contributed by atoms with E-state index < -0.39 is 12.7 Å². The quantitative estimate of drug-likeness (QED) is 0.612. The summed E-state index contributed by atoms with van der Waals surface area (Å²) in [6.45, 7) is 5.18. The van der Waals surface area contributed by atoms with Gasteiger partial charge in [0.25, 0.3) is 0 Å². The van der Waals surface area contributed by atoms with Gasteiger partial charge < -0.3 is 0 Å². The molecule has 0 radical (unpaired) electrons. The summed E-state index contributed by atoms with van der Waals surface area (Å²) >= 11 is 0. The van der Waals surface area contributed by atoms with Crippen molar-refractivity contribution in [2.75, 3.05) is 6.67 Å². The largest absolute Gasteiger partial charge is 0.333 e. The van der Waals surface area contributed by atoms with Gasteiger partial charge in [0.15, 0.2) is 6.67 Å². The van der Waals surface area contributed by atoms with Crippen molar-refractivity contribution in [2.24, 2.45) is 0 Å². The highest BCUT2D eigenvalue weighted by Crippen LogP contribution is 2.26. The third-order valence-corrected chi connectivity index (χ3v) is 2.16. The summed E-state index contributed by atoms with van der Waals surface area (Å²) in [5.74, 6) is 0. The molecule has 0 saturated heterocycles. The molecule has 0 spiro atoms. The van der Waals surface area contributed by atoms with Crippen LogP contribution < -0.4 is 0 Å². The average Bonchev–Trinajstić information content (AvgIpc) is 2.03. The van der Waals surface area contributed by atoms with Crippen LogP contribution in [0.15, 0.2) is 0 Å². The van der Waals surface area contributed by atoms with Crippen LogP contribution in [0.5, 0.6) is 0 Å². The maximum atomic E-state index is 13.1. The molecule has 0 fully saturated rings. The average molecular weight is 197 g/mol. The fourth-order valence-corrected chi connectivity index (χ4v) is 1.47. The Hall–Kier alpha value is -0.250. The fourth-order valence-electron chi connectivity index (χ4n) is 1.47. The van der Waals surface area contributed by atoms with Crippen LogP contribution in [0, 0.1) is 0 Å². The second kappa shape index (κ2) is 4.84. The molecule has 13 heavy (non-hydrogen) atoms. The van der Waals surface area contributed by atoms with Crippen molar-refractivity contribution in [3.63, 3.8) is 0 Å². The molecule has 80 valence electrons. The Bertz CT molecular complexity index is 148. The minimum atomic E-state index is -3.33. The van der Waals surface area contributed by atoms with Crippen molar-refractivity contribution in [3.8, 4) is 0 Å². The first-order valence-electron chi connectivity index (χ1n) is 4.59. The van der Waals surface area contributed by atoms with Crippen molar-refractivity contribution < 1.29 is 13.2 Å². The highest BCUT2D eigenvalue weighted by Gasteiger charge is 2.41. The van der Waals surface area contributed by atoms with Gasteiger partial charge in [0.05, 0.1) is 0 Å². The Balaban J connectivity index is 4.60. The summed E-state index contributed by atoms with van der Waals surface area (Å²) < 4.78 is 38.2. The first-order valence-corrected chi connectivity index (χ1v) is 4.59. The van der Waals surface area contributed by atoms with Crippen LogP contribution in [0.25, 0.3) is 0 Å². The zero-order chi connectivity index (χ0) is 10.6. The number of alkyl halides is 3. The Morgan fingerprint density at radius 2 is 1.69 bits per heavy atom. The predicted molar refractivity (Wildman–Crippen MR) is 47.7 cm³/mol. The van der Waals surface area contributed by atoms with Crippen molar-refractivity contribution in [1.82, 2.24) is 4.90 Å². The standard InChI is InChI=1S/C9H18F3N/c1-5-8(4)13(7(2)3)9(11,12)6-10/h7-8H,5-6H2,1-4H3. The van der Waals surface area contributed by atoms with Gasteiger partial charge in [-0.25, -0.2) is 9.29 Å². The second-order valence-corrected chi connectivity index (χ2v) is 3.56. The molecule has 0 bridgehead atoms. The number of halogens is 3. The second-order valence-electron chi connectivity index (χ2n) is 3.56. The van der Waals surface area contributed by atoms with Crippen LogP contribution in [0.2, 0.25) is 0 Å². The van der Waals surface area contributed by atoms with Gasteiger partial charge in [0.1, 0.15) is 0 Å². The summed E-state index contributed by atoms with van der Waals surface area (Å²) in [6.07, 6.45) is 0.591. The molecular formula is C9H18F3N. The lowest BCUT2D eigenvalue weighted by molar-refractivity contribution is -0.186. The molecule has 0 aliphatic carbocycles. The van der Waals surface area contributed by atoms with Gasteiger partial charge in [0, 0.05) is 12.1 Å². The SMILES string of the molecule is CCC(C)N(C(C)C)C(F)(F)CF. The molecule has 0 aromatic rings. The van der Waals surface area contributed by atoms with E-state index in [1.165, 1.54) is 0 Å². The van der Waals surface area contributed by atoms with Crippen molar-refractivity contribution >= 4 is 0 Å². The monoisotopic (exact) mass is 197 g/mol. The molecule has 0 aromatic heterocycles. The van der Waals surface area contributed by atoms with E-state index in [-0.39, 0.29) is 12.1 Å². The van der Waals surface area contributed by atoms with E-state index in [2.05, 4.69) is 0 Å². The Morgan fingerprint density at radius 1 is 1.23 bits per heavy atom. The minimum absolute atomic E-state index is 0.300. The van der Waals surface area contributed by atoms with Crippen LogP contribution in [-0.4, -0.2) is 29.7 Å². The molecule has 0 heterocycles. The molecule has 0 N–H and O–H groups in total. The minimum Gasteiger partial charge on any atom is -0.243 e. The lowest BCUT2D eigenvalue weighted by atomic mass is 10.1. The van der Waals surface area contributed by atoms with Gasteiger partial charge in [-0.3, -0.25) is 0 Å². The van der Waals surface area contributed by atoms with E-state index in [1.54, 1.807) is 20.8 Å². The van der Waals surface area contributed by atoms with Crippen LogP contribution in [0.1, 0.15) is 34.1 Å². The molecule has 4 heteroatoms. The summed E-state index contributed by atoms with van der Waals surface area (Å²) in [5.41, 5.74) is 0. The van der Waals surface area contributed by atoms with Crippen LogP contribution >= 0.6 is 0 Å². The summed E-state index contributed by atoms with van der Waals surface area (Å²) in [4.78, 5) is 0.924. The topological polar surface area (TPSA) is 3.24 Å². The molecule has 0 aliphatic heterocycles. The highest BCUT2D eigenvalue weighted by molar-refractivity contribution is 4.77. The summed E-state index contributed by atoms with van der Waals surface area (Å²) in [7, 11) is 0. The normalized spacial score (nSPS) is 15.5. The number of hydrogen-bond donors (Lipinski definition) is 0. The van der Waals surface area contributed by atoms with Gasteiger partial charge in [-0.15, -0.1) is 0 Å². The van der Waals surface area contributed by atoms with Crippen LogP contribution in [-0.2, 0) is 0 Å². The Kier molecular flexibility index (Phi) is 4.75. The molecule has 1 nitrogen and oxygen atoms in total. The maximum Gasteiger partial charge on any atom is 0.333 e. The molecule has 0 rings (SSSR count). The molecule has 0 saturated carbocycles. The number of rotatable bonds is 5. The summed E-state index contributed by atoms with van der Waals surface area (Å²) in [5, 5.41) is 0. The Labute approximate surface area is 77.9 Å². The molecule has 0 aliphatic rings. The van der Waals surface area contributed by atoms with Crippen molar-refractivity contribution in [2.45, 2.75) is 52.2 Å². The van der Waals surface area contributed by atoms with E-state index in [9.17, 15) is 13.2 Å². The lowest BCUT2D eigenvalue weighted by Crippen LogP contribution is -2.52. The molecular weight excluding hydrogens is 179 g/mol. The third-order valence-electron chi connectivity index (χ3n) is 2.16. The Morgan fingerprint density at radius 3 is 1.92 bits per heavy atom. The van der Waals surface area contributed by atoms with Crippen LogP contribution in [0.3, 0.4) is 0 Å². The maximum absolute atomic E-state index is 13.1. The van der Waals surface area contributed by atoms with Crippen LogP contribution in [0.4, 0.5) is 13.2 Å². The van der Waals surface area contributed by atoms with E-state index in [4.69, 9.17) is 0 Å². The van der Waals surface area contributed by atoms with Gasteiger partial charge in [-0.05, 0) is 27.2 Å². The molecule has 0 aromatic carbocycles. The first-order chi connectivity index (χ1) is 5.86. The lowest BCUT2D eigenvalue weighted by Gasteiger charge is -2.37. The number of nitrogens with zero attached hydrogens (tertiary/aromatic N) is 1. The highest BCUT2D eigenvalue weighted by atomic mass is 19.3. The van der Waals surface area contributed by atoms with Gasteiger partial charge in [0.2, 0.25) is 0 Å². The third kappa shape index (κ3) is 3.18.